The fourth-order valence-electron chi connectivity index (χ4n) is 2.78. The van der Waals surface area contributed by atoms with E-state index in [1.165, 1.54) is 0 Å². The van der Waals surface area contributed by atoms with E-state index in [9.17, 15) is 9.59 Å². The highest BCUT2D eigenvalue weighted by Crippen LogP contribution is 2.38. The molecule has 0 bridgehead atoms. The van der Waals surface area contributed by atoms with Crippen molar-refractivity contribution < 1.29 is 19.1 Å². The third-order valence-corrected chi connectivity index (χ3v) is 4.44. The number of benzene rings is 1. The molecule has 0 aliphatic carbocycles. The minimum absolute atomic E-state index is 0.0555. The Balaban J connectivity index is 2.21. The van der Waals surface area contributed by atoms with Gasteiger partial charge in [0.15, 0.2) is 0 Å². The van der Waals surface area contributed by atoms with Gasteiger partial charge in [-0.2, -0.15) is 0 Å². The number of amides is 3. The van der Waals surface area contributed by atoms with Gasteiger partial charge in [0.25, 0.3) is 0 Å². The van der Waals surface area contributed by atoms with Crippen LogP contribution in [0.5, 0.6) is 5.75 Å². The molecule has 0 fully saturated rings. The average Bonchev–Trinajstić information content (AvgIpc) is 2.69. The number of hydrogen-bond donors (Lipinski definition) is 2. The van der Waals surface area contributed by atoms with Crippen molar-refractivity contribution in [2.45, 2.75) is 34.1 Å². The predicted octanol–water partition coefficient (Wildman–Crippen LogP) is 3.25. The monoisotopic (exact) mass is 377 g/mol. The minimum atomic E-state index is -0.610. The average molecular weight is 377 g/mol. The SMILES string of the molecule is COCCNC(=O)Nc1ccc2c(c1)OCC(C)(C)C(=O)N2CCC(C)C. The maximum absolute atomic E-state index is 13.0. The molecule has 2 rings (SSSR count). The van der Waals surface area contributed by atoms with Crippen molar-refractivity contribution in [3.05, 3.63) is 18.2 Å². The van der Waals surface area contributed by atoms with E-state index in [-0.39, 0.29) is 11.9 Å². The molecule has 1 aliphatic heterocycles. The van der Waals surface area contributed by atoms with Crippen molar-refractivity contribution in [1.29, 1.82) is 0 Å². The highest BCUT2D eigenvalue weighted by Gasteiger charge is 2.37. The number of carbonyl (C=O) groups is 2. The van der Waals surface area contributed by atoms with E-state index in [2.05, 4.69) is 24.5 Å². The summed E-state index contributed by atoms with van der Waals surface area (Å²) in [6.45, 7) is 9.87. The zero-order valence-electron chi connectivity index (χ0n) is 16.9. The fourth-order valence-corrected chi connectivity index (χ4v) is 2.78. The highest BCUT2D eigenvalue weighted by atomic mass is 16.5. The zero-order valence-corrected chi connectivity index (χ0v) is 16.9. The molecule has 0 atom stereocenters. The Morgan fingerprint density at radius 3 is 2.78 bits per heavy atom. The van der Waals surface area contributed by atoms with Crippen LogP contribution < -0.4 is 20.3 Å². The van der Waals surface area contributed by atoms with E-state index in [0.717, 1.165) is 12.1 Å². The van der Waals surface area contributed by atoms with Crippen LogP contribution in [0.3, 0.4) is 0 Å². The number of fused-ring (bicyclic) bond motifs is 1. The molecule has 27 heavy (non-hydrogen) atoms. The number of urea groups is 1. The molecule has 0 spiro atoms. The molecule has 1 heterocycles. The number of nitrogens with zero attached hydrogens (tertiary/aromatic N) is 1. The quantitative estimate of drug-likeness (QED) is 0.715. The first-order chi connectivity index (χ1) is 12.7. The third-order valence-electron chi connectivity index (χ3n) is 4.44. The second-order valence-corrected chi connectivity index (χ2v) is 7.87. The fraction of sp³-hybridized carbons (Fsp3) is 0.600. The Morgan fingerprint density at radius 2 is 2.11 bits per heavy atom. The lowest BCUT2D eigenvalue weighted by Crippen LogP contribution is -2.42. The number of hydrogen-bond acceptors (Lipinski definition) is 4. The van der Waals surface area contributed by atoms with Gasteiger partial charge >= 0.3 is 6.03 Å². The molecule has 150 valence electrons. The smallest absolute Gasteiger partial charge is 0.319 e. The Morgan fingerprint density at radius 1 is 1.37 bits per heavy atom. The van der Waals surface area contributed by atoms with E-state index in [1.807, 2.05) is 24.8 Å². The van der Waals surface area contributed by atoms with Crippen LogP contribution in [0.1, 0.15) is 34.1 Å². The lowest BCUT2D eigenvalue weighted by atomic mass is 9.92. The molecule has 0 radical (unpaired) electrons. The van der Waals surface area contributed by atoms with E-state index in [0.29, 0.717) is 43.7 Å². The molecule has 7 heteroatoms. The summed E-state index contributed by atoms with van der Waals surface area (Å²) in [5.41, 5.74) is 0.748. The van der Waals surface area contributed by atoms with Crippen LogP contribution in [0.2, 0.25) is 0 Å². The number of nitrogens with one attached hydrogen (secondary N) is 2. The molecular weight excluding hydrogens is 346 g/mol. The van der Waals surface area contributed by atoms with Gasteiger partial charge < -0.3 is 25.0 Å². The van der Waals surface area contributed by atoms with Crippen LogP contribution in [-0.4, -0.2) is 45.4 Å². The summed E-state index contributed by atoms with van der Waals surface area (Å²) < 4.78 is 10.8. The summed E-state index contributed by atoms with van der Waals surface area (Å²) >= 11 is 0. The molecular formula is C20H31N3O4. The van der Waals surface area contributed by atoms with Crippen LogP contribution in [0, 0.1) is 11.3 Å². The Kier molecular flexibility index (Phi) is 7.07. The van der Waals surface area contributed by atoms with Crippen molar-refractivity contribution in [3.63, 3.8) is 0 Å². The Hall–Kier alpha value is -2.28. The van der Waals surface area contributed by atoms with Crippen LogP contribution in [0.25, 0.3) is 0 Å². The highest BCUT2D eigenvalue weighted by molar-refractivity contribution is 6.00. The Bertz CT molecular complexity index is 673. The van der Waals surface area contributed by atoms with Crippen molar-refractivity contribution >= 4 is 23.3 Å². The van der Waals surface area contributed by atoms with Gasteiger partial charge in [0, 0.05) is 32.0 Å². The van der Waals surface area contributed by atoms with Gasteiger partial charge in [-0.1, -0.05) is 13.8 Å². The van der Waals surface area contributed by atoms with Gasteiger partial charge in [-0.05, 0) is 38.3 Å². The molecule has 1 aliphatic rings. The van der Waals surface area contributed by atoms with Crippen molar-refractivity contribution in [2.24, 2.45) is 11.3 Å². The largest absolute Gasteiger partial charge is 0.490 e. The summed E-state index contributed by atoms with van der Waals surface area (Å²) in [5, 5.41) is 5.49. The Labute approximate surface area is 161 Å². The van der Waals surface area contributed by atoms with Gasteiger partial charge in [0.1, 0.15) is 12.4 Å². The number of methoxy groups -OCH3 is 1. The maximum Gasteiger partial charge on any atom is 0.319 e. The summed E-state index contributed by atoms with van der Waals surface area (Å²) in [4.78, 5) is 26.8. The summed E-state index contributed by atoms with van der Waals surface area (Å²) in [6, 6.07) is 5.07. The topological polar surface area (TPSA) is 79.9 Å². The minimum Gasteiger partial charge on any atom is -0.490 e. The first-order valence-corrected chi connectivity index (χ1v) is 9.37. The van der Waals surface area contributed by atoms with E-state index in [4.69, 9.17) is 9.47 Å². The van der Waals surface area contributed by atoms with Gasteiger partial charge in [0.05, 0.1) is 17.7 Å². The molecule has 1 aromatic carbocycles. The third kappa shape index (κ3) is 5.60. The van der Waals surface area contributed by atoms with Crippen LogP contribution in [-0.2, 0) is 9.53 Å². The van der Waals surface area contributed by atoms with Crippen molar-refractivity contribution in [2.75, 3.05) is 43.6 Å². The number of anilines is 2. The maximum atomic E-state index is 13.0. The predicted molar refractivity (Wildman–Crippen MR) is 106 cm³/mol. The first kappa shape index (κ1) is 21.0. The molecule has 7 nitrogen and oxygen atoms in total. The number of carbonyl (C=O) groups excluding carboxylic acids is 2. The van der Waals surface area contributed by atoms with E-state index >= 15 is 0 Å². The molecule has 2 N–H and O–H groups in total. The summed E-state index contributed by atoms with van der Waals surface area (Å²) in [7, 11) is 1.58. The summed E-state index contributed by atoms with van der Waals surface area (Å²) in [6.07, 6.45) is 0.906. The van der Waals surface area contributed by atoms with Gasteiger partial charge in [-0.15, -0.1) is 0 Å². The lowest BCUT2D eigenvalue weighted by Gasteiger charge is -2.28. The van der Waals surface area contributed by atoms with Gasteiger partial charge in [0.2, 0.25) is 5.91 Å². The number of rotatable bonds is 7. The second-order valence-electron chi connectivity index (χ2n) is 7.87. The summed E-state index contributed by atoms with van der Waals surface area (Å²) in [5.74, 6) is 1.15. The zero-order chi connectivity index (χ0) is 20.0. The second kappa shape index (κ2) is 9.08. The van der Waals surface area contributed by atoms with Crippen molar-refractivity contribution in [1.82, 2.24) is 5.32 Å². The molecule has 0 unspecified atom stereocenters. The molecule has 0 aromatic heterocycles. The first-order valence-electron chi connectivity index (χ1n) is 9.37. The molecule has 1 aromatic rings. The van der Waals surface area contributed by atoms with Crippen LogP contribution in [0.4, 0.5) is 16.2 Å². The standard InChI is InChI=1S/C20H31N3O4/c1-14(2)8-10-23-16-7-6-15(22-19(25)21-9-11-26-5)12-17(16)27-13-20(3,4)18(23)24/h6-7,12,14H,8-11,13H2,1-5H3,(H2,21,22,25). The van der Waals surface area contributed by atoms with Crippen LogP contribution in [0.15, 0.2) is 18.2 Å². The van der Waals surface area contributed by atoms with Crippen LogP contribution >= 0.6 is 0 Å². The molecule has 0 saturated carbocycles. The molecule has 0 saturated heterocycles. The van der Waals surface area contributed by atoms with Gasteiger partial charge in [-0.25, -0.2) is 4.79 Å². The van der Waals surface area contributed by atoms with Crippen molar-refractivity contribution in [3.8, 4) is 5.75 Å². The number of ether oxygens (including phenoxy) is 2. The normalized spacial score (nSPS) is 15.8. The van der Waals surface area contributed by atoms with E-state index in [1.54, 1.807) is 19.2 Å². The van der Waals surface area contributed by atoms with Gasteiger partial charge in [-0.3, -0.25) is 4.79 Å². The lowest BCUT2D eigenvalue weighted by molar-refractivity contribution is -0.127. The molecule has 3 amide bonds. The van der Waals surface area contributed by atoms with E-state index < -0.39 is 5.41 Å².